The van der Waals surface area contributed by atoms with E-state index in [2.05, 4.69) is 43.0 Å². The van der Waals surface area contributed by atoms with Gasteiger partial charge in [-0.05, 0) is 55.2 Å². The molecule has 0 amide bonds. The largest absolute Gasteiger partial charge is 0.378 e. The van der Waals surface area contributed by atoms with Gasteiger partial charge in [0.25, 0.3) is 0 Å². The predicted molar refractivity (Wildman–Crippen MR) is 100 cm³/mol. The third-order valence-electron chi connectivity index (χ3n) is 6.54. The van der Waals surface area contributed by atoms with Crippen molar-refractivity contribution in [2.45, 2.75) is 51.0 Å². The first-order valence-corrected chi connectivity index (χ1v) is 9.56. The Morgan fingerprint density at radius 3 is 2.58 bits per heavy atom. The number of hydrogen-bond acceptors (Lipinski definition) is 4. The minimum absolute atomic E-state index is 0.0531. The number of hydrogen-bond donors (Lipinski definition) is 0. The van der Waals surface area contributed by atoms with E-state index in [0.717, 1.165) is 48.7 Å². The van der Waals surface area contributed by atoms with E-state index in [9.17, 15) is 10.1 Å². The lowest BCUT2D eigenvalue weighted by Crippen LogP contribution is -2.43. The van der Waals surface area contributed by atoms with Crippen LogP contribution in [0.15, 0.2) is 23.8 Å². The van der Waals surface area contributed by atoms with Crippen LogP contribution in [0, 0.1) is 17.2 Å². The summed E-state index contributed by atoms with van der Waals surface area (Å²) in [5.74, 6) is 1.31. The van der Waals surface area contributed by atoms with Crippen LogP contribution in [0.2, 0.25) is 0 Å². The van der Waals surface area contributed by atoms with Gasteiger partial charge in [-0.3, -0.25) is 4.79 Å². The highest BCUT2D eigenvalue weighted by molar-refractivity contribution is 6.10. The minimum atomic E-state index is -0.114. The average Bonchev–Trinajstić information content (AvgIpc) is 3.38. The van der Waals surface area contributed by atoms with Gasteiger partial charge in [0.05, 0.1) is 11.3 Å². The van der Waals surface area contributed by atoms with E-state index in [0.29, 0.717) is 17.9 Å². The number of rotatable bonds is 3. The maximum Gasteiger partial charge on any atom is 0.179 e. The Kier molecular flexibility index (Phi) is 4.16. The van der Waals surface area contributed by atoms with Crippen LogP contribution in [0.5, 0.6) is 0 Å². The number of carbonyl (C=O) groups excluding carboxylic acids is 1. The quantitative estimate of drug-likeness (QED) is 0.835. The number of ether oxygens (including phenoxy) is 1. The number of carbonyl (C=O) groups is 1. The van der Waals surface area contributed by atoms with Crippen molar-refractivity contribution in [3.63, 3.8) is 0 Å². The maximum absolute atomic E-state index is 12.6. The number of ketones is 1. The maximum atomic E-state index is 12.6. The second-order valence-corrected chi connectivity index (χ2v) is 8.31. The standard InChI is InChI=1S/C22H26N2O2/c1-14-10-17(14)15-4-5-16-12-20(25)19(13-23)21(18(16)11-15)24-8-6-22(2,26-3)7-9-24/h4-5,11,14,17H,6-10,12H2,1-3H3/t14-,17-/m0/s1. The molecular formula is C22H26N2O2. The third-order valence-corrected chi connectivity index (χ3v) is 6.54. The van der Waals surface area contributed by atoms with Crippen molar-refractivity contribution in [1.29, 1.82) is 5.26 Å². The van der Waals surface area contributed by atoms with E-state index >= 15 is 0 Å². The molecule has 2 fully saturated rings. The van der Waals surface area contributed by atoms with Crippen molar-refractivity contribution in [3.05, 3.63) is 40.5 Å². The second-order valence-electron chi connectivity index (χ2n) is 8.31. The van der Waals surface area contributed by atoms with Crippen molar-refractivity contribution in [3.8, 4) is 6.07 Å². The summed E-state index contributed by atoms with van der Waals surface area (Å²) in [6.07, 6.45) is 3.37. The molecule has 2 atom stereocenters. The van der Waals surface area contributed by atoms with Crippen LogP contribution < -0.4 is 0 Å². The minimum Gasteiger partial charge on any atom is -0.378 e. The molecule has 0 aromatic heterocycles. The van der Waals surface area contributed by atoms with Crippen LogP contribution in [0.4, 0.5) is 0 Å². The van der Waals surface area contributed by atoms with E-state index in [1.165, 1.54) is 12.0 Å². The van der Waals surface area contributed by atoms with Crippen LogP contribution >= 0.6 is 0 Å². The van der Waals surface area contributed by atoms with E-state index in [4.69, 9.17) is 4.74 Å². The Balaban J connectivity index is 1.74. The van der Waals surface area contributed by atoms with Crippen molar-refractivity contribution in [2.75, 3.05) is 20.2 Å². The van der Waals surface area contributed by atoms with Gasteiger partial charge in [-0.25, -0.2) is 0 Å². The van der Waals surface area contributed by atoms with Crippen molar-refractivity contribution < 1.29 is 9.53 Å². The molecule has 0 N–H and O–H groups in total. The number of Topliss-reactive ketones (excluding diaryl/α,β-unsaturated/α-hetero) is 1. The summed E-state index contributed by atoms with van der Waals surface area (Å²) in [6, 6.07) is 8.73. The zero-order valence-corrected chi connectivity index (χ0v) is 15.8. The summed E-state index contributed by atoms with van der Waals surface area (Å²) in [6.45, 7) is 6.03. The topological polar surface area (TPSA) is 53.3 Å². The molecule has 0 bridgehead atoms. The second kappa shape index (κ2) is 6.25. The molecule has 2 aliphatic carbocycles. The molecule has 4 heteroatoms. The van der Waals surface area contributed by atoms with Gasteiger partial charge in [0, 0.05) is 32.2 Å². The number of likely N-dealkylation sites (tertiary alicyclic amines) is 1. The number of nitrogens with zero attached hydrogens (tertiary/aromatic N) is 2. The molecule has 1 heterocycles. The van der Waals surface area contributed by atoms with Gasteiger partial charge >= 0.3 is 0 Å². The van der Waals surface area contributed by atoms with Crippen molar-refractivity contribution in [2.24, 2.45) is 5.92 Å². The van der Waals surface area contributed by atoms with E-state index in [1.807, 2.05) is 0 Å². The SMILES string of the molecule is COC1(C)CCN(C2=C(C#N)C(=O)Cc3ccc([C@H]4C[C@@H]4C)cc32)CC1. The predicted octanol–water partition coefficient (Wildman–Crippen LogP) is 3.67. The molecule has 0 spiro atoms. The molecule has 0 unspecified atom stereocenters. The van der Waals surface area contributed by atoms with Gasteiger partial charge in [-0.1, -0.05) is 19.1 Å². The first-order valence-electron chi connectivity index (χ1n) is 9.56. The Morgan fingerprint density at radius 1 is 1.31 bits per heavy atom. The van der Waals surface area contributed by atoms with Crippen molar-refractivity contribution >= 4 is 11.5 Å². The number of fused-ring (bicyclic) bond motifs is 1. The summed E-state index contributed by atoms with van der Waals surface area (Å²) in [7, 11) is 1.76. The Labute approximate surface area is 155 Å². The number of nitriles is 1. The zero-order chi connectivity index (χ0) is 18.5. The highest BCUT2D eigenvalue weighted by atomic mass is 16.5. The lowest BCUT2D eigenvalue weighted by molar-refractivity contribution is -0.114. The highest BCUT2D eigenvalue weighted by Gasteiger charge is 2.37. The fourth-order valence-electron chi connectivity index (χ4n) is 4.37. The van der Waals surface area contributed by atoms with Crippen LogP contribution in [0.25, 0.3) is 5.70 Å². The molecule has 1 aromatic rings. The first kappa shape index (κ1) is 17.3. The summed E-state index contributed by atoms with van der Waals surface area (Å²) >= 11 is 0. The Hall–Kier alpha value is -2.12. The van der Waals surface area contributed by atoms with Crippen LogP contribution in [-0.2, 0) is 16.0 Å². The molecule has 136 valence electrons. The average molecular weight is 350 g/mol. The van der Waals surface area contributed by atoms with E-state index in [-0.39, 0.29) is 11.4 Å². The van der Waals surface area contributed by atoms with Crippen molar-refractivity contribution in [1.82, 2.24) is 4.90 Å². The van der Waals surface area contributed by atoms with Gasteiger partial charge in [0.1, 0.15) is 11.6 Å². The zero-order valence-electron chi connectivity index (χ0n) is 15.8. The fraction of sp³-hybridized carbons (Fsp3) is 0.545. The Bertz CT molecular complexity index is 825. The molecular weight excluding hydrogens is 324 g/mol. The third kappa shape index (κ3) is 2.85. The molecule has 0 radical (unpaired) electrons. The normalized spacial score (nSPS) is 27.2. The monoisotopic (exact) mass is 350 g/mol. The van der Waals surface area contributed by atoms with Gasteiger partial charge < -0.3 is 9.64 Å². The first-order chi connectivity index (χ1) is 12.5. The smallest absolute Gasteiger partial charge is 0.179 e. The van der Waals surface area contributed by atoms with E-state index < -0.39 is 0 Å². The van der Waals surface area contributed by atoms with Crippen LogP contribution in [0.3, 0.4) is 0 Å². The highest BCUT2D eigenvalue weighted by Crippen LogP contribution is 2.48. The van der Waals surface area contributed by atoms with Gasteiger partial charge in [0.15, 0.2) is 5.78 Å². The summed E-state index contributed by atoms with van der Waals surface area (Å²) in [4.78, 5) is 14.8. The Morgan fingerprint density at radius 2 is 2.00 bits per heavy atom. The number of methoxy groups -OCH3 is 1. The summed E-state index contributed by atoms with van der Waals surface area (Å²) < 4.78 is 5.65. The molecule has 4 nitrogen and oxygen atoms in total. The molecule has 4 rings (SSSR count). The van der Waals surface area contributed by atoms with Crippen LogP contribution in [-0.4, -0.2) is 36.5 Å². The number of benzene rings is 1. The molecule has 1 saturated heterocycles. The van der Waals surface area contributed by atoms with Gasteiger partial charge in [0.2, 0.25) is 0 Å². The number of piperidine rings is 1. The summed E-state index contributed by atoms with van der Waals surface area (Å²) in [5, 5.41) is 9.69. The molecule has 1 aliphatic heterocycles. The summed E-state index contributed by atoms with van der Waals surface area (Å²) in [5.41, 5.74) is 4.57. The van der Waals surface area contributed by atoms with Crippen LogP contribution in [0.1, 0.15) is 55.7 Å². The van der Waals surface area contributed by atoms with E-state index in [1.54, 1.807) is 7.11 Å². The van der Waals surface area contributed by atoms with Gasteiger partial charge in [-0.15, -0.1) is 0 Å². The molecule has 3 aliphatic rings. The lowest BCUT2D eigenvalue weighted by Gasteiger charge is -2.41. The molecule has 1 aromatic carbocycles. The molecule has 1 saturated carbocycles. The molecule has 26 heavy (non-hydrogen) atoms. The fourth-order valence-corrected chi connectivity index (χ4v) is 4.37. The number of allylic oxidation sites excluding steroid dienone is 1. The lowest BCUT2D eigenvalue weighted by atomic mass is 9.84. The van der Waals surface area contributed by atoms with Gasteiger partial charge in [-0.2, -0.15) is 5.26 Å².